The second-order valence-corrected chi connectivity index (χ2v) is 5.05. The zero-order chi connectivity index (χ0) is 13.4. The maximum absolute atomic E-state index is 11.3. The van der Waals surface area contributed by atoms with E-state index in [2.05, 4.69) is 0 Å². The van der Waals surface area contributed by atoms with Gasteiger partial charge in [-0.05, 0) is 20.8 Å². The van der Waals surface area contributed by atoms with E-state index in [0.717, 1.165) is 6.42 Å². The molecule has 0 spiro atoms. The summed E-state index contributed by atoms with van der Waals surface area (Å²) in [5.74, 6) is -0.349. The molecule has 0 amide bonds. The van der Waals surface area contributed by atoms with E-state index in [4.69, 9.17) is 18.9 Å². The first-order valence-electron chi connectivity index (χ1n) is 6.13. The van der Waals surface area contributed by atoms with Crippen molar-refractivity contribution in [3.8, 4) is 0 Å². The smallest absolute Gasteiger partial charge is 0.332 e. The van der Waals surface area contributed by atoms with Crippen LogP contribution in [0, 0.1) is 0 Å². The van der Waals surface area contributed by atoms with Gasteiger partial charge in [0.25, 0.3) is 0 Å². The lowest BCUT2D eigenvalue weighted by molar-refractivity contribution is -0.159. The van der Waals surface area contributed by atoms with Crippen LogP contribution in [0.15, 0.2) is 12.2 Å². The van der Waals surface area contributed by atoms with Crippen molar-refractivity contribution in [1.82, 2.24) is 0 Å². The molecule has 1 saturated heterocycles. The van der Waals surface area contributed by atoms with E-state index in [1.807, 2.05) is 32.9 Å². The van der Waals surface area contributed by atoms with Gasteiger partial charge in [-0.1, -0.05) is 12.2 Å². The van der Waals surface area contributed by atoms with Crippen LogP contribution in [0.5, 0.6) is 0 Å². The highest BCUT2D eigenvalue weighted by molar-refractivity contribution is 5.71. The maximum Gasteiger partial charge on any atom is 0.332 e. The third-order valence-electron chi connectivity index (χ3n) is 2.12. The zero-order valence-corrected chi connectivity index (χ0v) is 11.3. The normalized spacial score (nSPS) is 21.2. The van der Waals surface area contributed by atoms with Crippen molar-refractivity contribution >= 4 is 5.97 Å². The monoisotopic (exact) mass is 258 g/mol. The summed E-state index contributed by atoms with van der Waals surface area (Å²) < 4.78 is 20.7. The molecule has 0 aliphatic carbocycles. The lowest BCUT2D eigenvalue weighted by atomic mass is 10.2. The number of rotatable bonds is 5. The average Bonchev–Trinajstić information content (AvgIpc) is 2.27. The van der Waals surface area contributed by atoms with Crippen LogP contribution in [0.4, 0.5) is 0 Å². The third-order valence-corrected chi connectivity index (χ3v) is 2.12. The predicted molar refractivity (Wildman–Crippen MR) is 66.1 cm³/mol. The average molecular weight is 258 g/mol. The molecule has 1 heterocycles. The first-order valence-corrected chi connectivity index (χ1v) is 6.13. The summed E-state index contributed by atoms with van der Waals surface area (Å²) >= 11 is 0. The summed E-state index contributed by atoms with van der Waals surface area (Å²) in [7, 11) is 0. The molecule has 5 nitrogen and oxygen atoms in total. The Morgan fingerprint density at radius 1 is 1.44 bits per heavy atom. The molecule has 0 unspecified atom stereocenters. The van der Waals surface area contributed by atoms with Gasteiger partial charge in [-0.15, -0.1) is 0 Å². The van der Waals surface area contributed by atoms with Gasteiger partial charge >= 0.3 is 5.97 Å². The minimum Gasteiger partial charge on any atom is -0.458 e. The molecule has 1 fully saturated rings. The molecule has 0 bridgehead atoms. The van der Waals surface area contributed by atoms with Gasteiger partial charge in [-0.25, -0.2) is 4.79 Å². The van der Waals surface area contributed by atoms with E-state index in [-0.39, 0.29) is 18.7 Å². The molecule has 1 aliphatic heterocycles. The van der Waals surface area contributed by atoms with Gasteiger partial charge in [-0.3, -0.25) is 0 Å². The van der Waals surface area contributed by atoms with E-state index in [1.165, 1.54) is 0 Å². The van der Waals surface area contributed by atoms with Crippen molar-refractivity contribution < 1.29 is 23.7 Å². The Morgan fingerprint density at radius 3 is 2.83 bits per heavy atom. The van der Waals surface area contributed by atoms with E-state index in [0.29, 0.717) is 20.0 Å². The van der Waals surface area contributed by atoms with Crippen LogP contribution < -0.4 is 0 Å². The van der Waals surface area contributed by atoms with Gasteiger partial charge in [0.2, 0.25) is 0 Å². The Hall–Kier alpha value is -0.910. The van der Waals surface area contributed by atoms with Crippen molar-refractivity contribution in [2.24, 2.45) is 0 Å². The minimum absolute atomic E-state index is 0.0315. The van der Waals surface area contributed by atoms with Gasteiger partial charge in [0.05, 0.1) is 19.3 Å². The van der Waals surface area contributed by atoms with E-state index >= 15 is 0 Å². The summed E-state index contributed by atoms with van der Waals surface area (Å²) in [6.07, 6.45) is 4.71. The summed E-state index contributed by atoms with van der Waals surface area (Å²) in [5, 5.41) is 0. The molecule has 18 heavy (non-hydrogen) atoms. The highest BCUT2D eigenvalue weighted by Crippen LogP contribution is 2.08. The van der Waals surface area contributed by atoms with Crippen LogP contribution in [0.1, 0.15) is 27.2 Å². The van der Waals surface area contributed by atoms with Crippen LogP contribution >= 0.6 is 0 Å². The second-order valence-electron chi connectivity index (χ2n) is 5.05. The quantitative estimate of drug-likeness (QED) is 0.426. The number of carbonyl (C=O) groups is 1. The summed E-state index contributed by atoms with van der Waals surface area (Å²) in [4.78, 5) is 11.3. The fraction of sp³-hybridized carbons (Fsp3) is 0.769. The number of carbonyl (C=O) groups excluding carboxylic acids is 1. The van der Waals surface area contributed by atoms with Gasteiger partial charge in [0.1, 0.15) is 19.0 Å². The van der Waals surface area contributed by atoms with Gasteiger partial charge in [0.15, 0.2) is 0 Å². The van der Waals surface area contributed by atoms with Crippen molar-refractivity contribution in [3.05, 3.63) is 12.2 Å². The van der Waals surface area contributed by atoms with Crippen LogP contribution in [0.3, 0.4) is 0 Å². The van der Waals surface area contributed by atoms with E-state index in [9.17, 15) is 4.79 Å². The molecule has 0 N–H and O–H groups in total. The number of ether oxygens (including phenoxy) is 4. The van der Waals surface area contributed by atoms with Crippen LogP contribution in [0.2, 0.25) is 0 Å². The molecular weight excluding hydrogens is 236 g/mol. The van der Waals surface area contributed by atoms with Crippen LogP contribution in [-0.4, -0.2) is 44.3 Å². The summed E-state index contributed by atoms with van der Waals surface area (Å²) in [5.41, 5.74) is -0.466. The topological polar surface area (TPSA) is 54.0 Å². The summed E-state index contributed by atoms with van der Waals surface area (Å²) in [6, 6.07) is 0. The fourth-order valence-corrected chi connectivity index (χ4v) is 1.42. The molecular formula is C13H22O5. The minimum atomic E-state index is -0.466. The molecule has 1 aliphatic rings. The number of esters is 1. The van der Waals surface area contributed by atoms with Crippen molar-refractivity contribution in [2.45, 2.75) is 38.9 Å². The Kier molecular flexibility index (Phi) is 6.32. The van der Waals surface area contributed by atoms with Crippen molar-refractivity contribution in [1.29, 1.82) is 0 Å². The first kappa shape index (κ1) is 15.1. The molecule has 0 aromatic heterocycles. The SMILES string of the molecule is CC(C)(C)OC(=O)COC/C=C\[C@@H]1CCOCO1. The van der Waals surface area contributed by atoms with Gasteiger partial charge in [-0.2, -0.15) is 0 Å². The molecule has 1 rings (SSSR count). The van der Waals surface area contributed by atoms with Gasteiger partial charge in [0, 0.05) is 6.42 Å². The largest absolute Gasteiger partial charge is 0.458 e. The number of hydrogen-bond acceptors (Lipinski definition) is 5. The molecule has 0 saturated carbocycles. The molecule has 0 aromatic carbocycles. The standard InChI is InChI=1S/C13H22O5/c1-13(2,3)18-12(14)9-15-7-4-5-11-6-8-16-10-17-11/h4-5,11H,6-10H2,1-3H3/b5-4-/t11-/m1/s1. The predicted octanol–water partition coefficient (Wildman–Crippen LogP) is 1.66. The highest BCUT2D eigenvalue weighted by atomic mass is 16.7. The summed E-state index contributed by atoms with van der Waals surface area (Å²) in [6.45, 7) is 6.88. The maximum atomic E-state index is 11.3. The van der Waals surface area contributed by atoms with Crippen LogP contribution in [-0.2, 0) is 23.7 Å². The zero-order valence-electron chi connectivity index (χ0n) is 11.3. The molecule has 1 atom stereocenters. The second kappa shape index (κ2) is 7.51. The third kappa shape index (κ3) is 7.42. The lowest BCUT2D eigenvalue weighted by Crippen LogP contribution is -2.26. The Balaban J connectivity index is 2.07. The highest BCUT2D eigenvalue weighted by Gasteiger charge is 2.15. The van der Waals surface area contributed by atoms with E-state index in [1.54, 1.807) is 0 Å². The van der Waals surface area contributed by atoms with Gasteiger partial charge < -0.3 is 18.9 Å². The molecule has 104 valence electrons. The lowest BCUT2D eigenvalue weighted by Gasteiger charge is -2.20. The molecule has 0 aromatic rings. The fourth-order valence-electron chi connectivity index (χ4n) is 1.42. The first-order chi connectivity index (χ1) is 8.47. The van der Waals surface area contributed by atoms with Crippen molar-refractivity contribution in [3.63, 3.8) is 0 Å². The molecule has 5 heteroatoms. The van der Waals surface area contributed by atoms with Crippen molar-refractivity contribution in [2.75, 3.05) is 26.6 Å². The van der Waals surface area contributed by atoms with Crippen LogP contribution in [0.25, 0.3) is 0 Å². The Labute approximate surface area is 108 Å². The van der Waals surface area contributed by atoms with E-state index < -0.39 is 5.60 Å². The Morgan fingerprint density at radius 2 is 2.22 bits per heavy atom. The number of hydrogen-bond donors (Lipinski definition) is 0. The molecule has 0 radical (unpaired) electrons. The Bertz CT molecular complexity index is 274.